The Morgan fingerprint density at radius 2 is 1.92 bits per heavy atom. The molecule has 1 N–H and O–H groups in total. The van der Waals surface area contributed by atoms with Gasteiger partial charge >= 0.3 is 12.6 Å². The number of rotatable bonds is 10. The number of esters is 1. The minimum Gasteiger partial charge on any atom is -0.489 e. The summed E-state index contributed by atoms with van der Waals surface area (Å²) in [5.74, 6) is -0.616. The first-order valence-electron chi connectivity index (χ1n) is 12.1. The summed E-state index contributed by atoms with van der Waals surface area (Å²) in [6.45, 7) is -0.745. The number of aromatic nitrogens is 1. The van der Waals surface area contributed by atoms with E-state index < -0.39 is 12.6 Å². The van der Waals surface area contributed by atoms with Crippen LogP contribution in [-0.4, -0.2) is 67.1 Å². The van der Waals surface area contributed by atoms with Gasteiger partial charge in [-0.05, 0) is 55.0 Å². The van der Waals surface area contributed by atoms with Crippen LogP contribution in [0.1, 0.15) is 58.5 Å². The lowest BCUT2D eigenvalue weighted by atomic mass is 9.96. The first kappa shape index (κ1) is 26.3. The molecule has 4 rings (SSSR count). The predicted octanol–water partition coefficient (Wildman–Crippen LogP) is 3.39. The van der Waals surface area contributed by atoms with Crippen molar-refractivity contribution in [3.05, 3.63) is 53.3 Å². The van der Waals surface area contributed by atoms with Crippen LogP contribution in [0.15, 0.2) is 36.5 Å². The minimum atomic E-state index is -2.97. The molecule has 2 aliphatic rings. The molecule has 0 bridgehead atoms. The number of likely N-dealkylation sites (tertiary alicyclic amines) is 1. The van der Waals surface area contributed by atoms with E-state index in [0.717, 1.165) is 18.4 Å². The molecule has 0 spiro atoms. The van der Waals surface area contributed by atoms with Crippen LogP contribution in [0.5, 0.6) is 11.5 Å². The van der Waals surface area contributed by atoms with E-state index in [9.17, 15) is 23.2 Å². The smallest absolute Gasteiger partial charge is 0.387 e. The van der Waals surface area contributed by atoms with E-state index in [4.69, 9.17) is 9.47 Å². The summed E-state index contributed by atoms with van der Waals surface area (Å²) >= 11 is 0. The molecule has 37 heavy (non-hydrogen) atoms. The molecule has 2 aromatic rings. The van der Waals surface area contributed by atoms with Crippen LogP contribution in [0, 0.1) is 5.92 Å². The van der Waals surface area contributed by atoms with Crippen LogP contribution in [0.4, 0.5) is 8.78 Å². The number of benzene rings is 1. The fraction of sp³-hybridized carbons (Fsp3) is 0.462. The lowest BCUT2D eigenvalue weighted by Crippen LogP contribution is -2.37. The van der Waals surface area contributed by atoms with Crippen LogP contribution in [0.2, 0.25) is 0 Å². The summed E-state index contributed by atoms with van der Waals surface area (Å²) in [7, 11) is 1.49. The summed E-state index contributed by atoms with van der Waals surface area (Å²) in [6.07, 6.45) is 3.89. The number of hydrogen-bond donors (Lipinski definition) is 1. The quantitative estimate of drug-likeness (QED) is 0.482. The molecule has 11 heteroatoms. The molecule has 2 amide bonds. The SMILES string of the molecule is CNC(=O)c1ccc(C(=O)OC[C@H]2C[C@@H](c3ccc(OC(F)F)c(OCC4CC4)c3)CN2C(C)=O)nc1. The largest absolute Gasteiger partial charge is 0.489 e. The molecule has 2 heterocycles. The van der Waals surface area contributed by atoms with Gasteiger partial charge in [-0.25, -0.2) is 9.78 Å². The molecule has 0 unspecified atom stereocenters. The van der Waals surface area contributed by atoms with Gasteiger partial charge in [-0.2, -0.15) is 8.78 Å². The van der Waals surface area contributed by atoms with E-state index >= 15 is 0 Å². The predicted molar refractivity (Wildman–Crippen MR) is 128 cm³/mol. The molecular formula is C26H29F2N3O6. The number of carbonyl (C=O) groups excluding carboxylic acids is 3. The third-order valence-electron chi connectivity index (χ3n) is 6.51. The van der Waals surface area contributed by atoms with Gasteiger partial charge in [0.25, 0.3) is 5.91 Å². The Hall–Kier alpha value is -3.76. The van der Waals surface area contributed by atoms with Gasteiger partial charge in [-0.1, -0.05) is 6.07 Å². The van der Waals surface area contributed by atoms with Crippen LogP contribution in [0.3, 0.4) is 0 Å². The lowest BCUT2D eigenvalue weighted by Gasteiger charge is -2.22. The second kappa shape index (κ2) is 11.5. The number of amides is 2. The number of nitrogens with one attached hydrogen (secondary N) is 1. The number of ether oxygens (including phenoxy) is 3. The van der Waals surface area contributed by atoms with Crippen molar-refractivity contribution in [1.29, 1.82) is 0 Å². The molecule has 1 aromatic carbocycles. The Morgan fingerprint density at radius 3 is 2.54 bits per heavy atom. The van der Waals surface area contributed by atoms with Crippen molar-refractivity contribution in [2.24, 2.45) is 5.92 Å². The van der Waals surface area contributed by atoms with Gasteiger partial charge in [0, 0.05) is 32.6 Å². The number of hydrogen-bond acceptors (Lipinski definition) is 7. The van der Waals surface area contributed by atoms with Gasteiger partial charge < -0.3 is 24.4 Å². The molecule has 1 saturated carbocycles. The molecule has 0 radical (unpaired) electrons. The Kier molecular flexibility index (Phi) is 8.20. The van der Waals surface area contributed by atoms with E-state index in [-0.39, 0.29) is 47.6 Å². The van der Waals surface area contributed by atoms with Gasteiger partial charge in [0.15, 0.2) is 11.5 Å². The second-order valence-corrected chi connectivity index (χ2v) is 9.21. The Morgan fingerprint density at radius 1 is 1.14 bits per heavy atom. The van der Waals surface area contributed by atoms with E-state index in [2.05, 4.69) is 15.0 Å². The molecular weight excluding hydrogens is 488 g/mol. The first-order chi connectivity index (χ1) is 17.7. The summed E-state index contributed by atoms with van der Waals surface area (Å²) < 4.78 is 41.6. The van der Waals surface area contributed by atoms with E-state index in [1.54, 1.807) is 17.0 Å². The maximum Gasteiger partial charge on any atom is 0.387 e. The first-order valence-corrected chi connectivity index (χ1v) is 12.1. The molecule has 1 aromatic heterocycles. The second-order valence-electron chi connectivity index (χ2n) is 9.21. The Bertz CT molecular complexity index is 1140. The Labute approximate surface area is 213 Å². The van der Waals surface area contributed by atoms with E-state index in [0.29, 0.717) is 31.1 Å². The molecule has 1 aliphatic heterocycles. The molecule has 1 saturated heterocycles. The highest BCUT2D eigenvalue weighted by Gasteiger charge is 2.36. The number of carbonyl (C=O) groups is 3. The van der Waals surface area contributed by atoms with Crippen LogP contribution < -0.4 is 14.8 Å². The maximum absolute atomic E-state index is 12.9. The van der Waals surface area contributed by atoms with Gasteiger partial charge in [0.05, 0.1) is 18.2 Å². The van der Waals surface area contributed by atoms with Crippen LogP contribution in [-0.2, 0) is 9.53 Å². The van der Waals surface area contributed by atoms with E-state index in [1.807, 2.05) is 0 Å². The van der Waals surface area contributed by atoms with Gasteiger partial charge in [-0.3, -0.25) is 9.59 Å². The monoisotopic (exact) mass is 517 g/mol. The van der Waals surface area contributed by atoms with Gasteiger partial charge in [0.2, 0.25) is 5.91 Å². The van der Waals surface area contributed by atoms with Crippen molar-refractivity contribution in [1.82, 2.24) is 15.2 Å². The fourth-order valence-corrected chi connectivity index (χ4v) is 4.32. The third-order valence-corrected chi connectivity index (χ3v) is 6.51. The summed E-state index contributed by atoms with van der Waals surface area (Å²) in [6, 6.07) is 7.35. The molecule has 2 fully saturated rings. The average molecular weight is 518 g/mol. The normalized spacial score (nSPS) is 19.0. The third kappa shape index (κ3) is 6.72. The summed E-state index contributed by atoms with van der Waals surface area (Å²) in [5, 5.41) is 2.47. The average Bonchev–Trinajstić information content (AvgIpc) is 3.62. The van der Waals surface area contributed by atoms with Crippen LogP contribution >= 0.6 is 0 Å². The summed E-state index contributed by atoms with van der Waals surface area (Å²) in [4.78, 5) is 42.1. The molecule has 198 valence electrons. The number of pyridine rings is 1. The lowest BCUT2D eigenvalue weighted by molar-refractivity contribution is -0.130. The fourth-order valence-electron chi connectivity index (χ4n) is 4.32. The van der Waals surface area contributed by atoms with Gasteiger partial charge in [-0.15, -0.1) is 0 Å². The summed E-state index contributed by atoms with van der Waals surface area (Å²) in [5.41, 5.74) is 1.17. The van der Waals surface area contributed by atoms with Crippen molar-refractivity contribution >= 4 is 17.8 Å². The molecule has 1 aliphatic carbocycles. The van der Waals surface area contributed by atoms with Crippen molar-refractivity contribution in [2.45, 2.75) is 44.8 Å². The van der Waals surface area contributed by atoms with Crippen molar-refractivity contribution < 1.29 is 37.4 Å². The van der Waals surface area contributed by atoms with Crippen molar-refractivity contribution in [3.63, 3.8) is 0 Å². The maximum atomic E-state index is 12.9. The highest BCUT2D eigenvalue weighted by atomic mass is 19.3. The van der Waals surface area contributed by atoms with Crippen LogP contribution in [0.25, 0.3) is 0 Å². The molecule has 2 atom stereocenters. The zero-order chi connectivity index (χ0) is 26.5. The van der Waals surface area contributed by atoms with Crippen molar-refractivity contribution in [2.75, 3.05) is 26.8 Å². The zero-order valence-electron chi connectivity index (χ0n) is 20.6. The highest BCUT2D eigenvalue weighted by Crippen LogP contribution is 2.39. The minimum absolute atomic E-state index is 0.0266. The topological polar surface area (TPSA) is 107 Å². The van der Waals surface area contributed by atoms with Crippen molar-refractivity contribution in [3.8, 4) is 11.5 Å². The highest BCUT2D eigenvalue weighted by molar-refractivity contribution is 5.94. The number of alkyl halides is 2. The Balaban J connectivity index is 1.42. The van der Waals surface area contributed by atoms with E-state index in [1.165, 1.54) is 38.4 Å². The zero-order valence-corrected chi connectivity index (χ0v) is 20.6. The van der Waals surface area contributed by atoms with Gasteiger partial charge in [0.1, 0.15) is 12.3 Å². The standard InChI is InChI=1S/C26H29F2N3O6/c1-15(32)31-12-19(17-6-8-22(37-26(27)28)23(10-17)35-13-16-3-4-16)9-20(31)14-36-25(34)21-7-5-18(11-30-21)24(33)29-2/h5-8,10-11,16,19-20,26H,3-4,9,12-14H2,1-2H3,(H,29,33)/t19-,20-/m1/s1. The molecule has 9 nitrogen and oxygen atoms in total. The number of halogens is 2. The number of nitrogens with zero attached hydrogens (tertiary/aromatic N) is 2.